The van der Waals surface area contributed by atoms with Gasteiger partial charge in [-0.05, 0) is 91.1 Å². The molecule has 0 fully saturated rings. The van der Waals surface area contributed by atoms with E-state index >= 15 is 0 Å². The molecule has 1 aromatic heterocycles. The Labute approximate surface area is 336 Å². The van der Waals surface area contributed by atoms with Gasteiger partial charge in [0.2, 0.25) is 17.7 Å². The summed E-state index contributed by atoms with van der Waals surface area (Å²) >= 11 is 0. The first-order valence-electron chi connectivity index (χ1n) is 19.0. The molecule has 0 radical (unpaired) electrons. The van der Waals surface area contributed by atoms with Crippen LogP contribution in [-0.2, 0) is 27.5 Å². The van der Waals surface area contributed by atoms with Crippen LogP contribution in [0.25, 0.3) is 11.3 Å². The van der Waals surface area contributed by atoms with Gasteiger partial charge >= 0.3 is 5.97 Å². The van der Waals surface area contributed by atoms with Crippen LogP contribution in [0, 0.1) is 18.2 Å². The zero-order valence-electron chi connectivity index (χ0n) is 31.9. The Morgan fingerprint density at radius 3 is 2.19 bits per heavy atom. The van der Waals surface area contributed by atoms with E-state index in [4.69, 9.17) is 25.5 Å². The average molecular weight is 789 g/mol. The van der Waals surface area contributed by atoms with Gasteiger partial charge in [-0.25, -0.2) is 9.18 Å². The van der Waals surface area contributed by atoms with Crippen molar-refractivity contribution in [3.8, 4) is 40.9 Å². The van der Waals surface area contributed by atoms with E-state index in [1.54, 1.807) is 36.4 Å². The molecule has 12 nitrogen and oxygen atoms in total. The minimum absolute atomic E-state index is 0.0215. The van der Waals surface area contributed by atoms with Crippen molar-refractivity contribution < 1.29 is 42.7 Å². The second-order valence-electron chi connectivity index (χ2n) is 13.4. The van der Waals surface area contributed by atoms with Gasteiger partial charge in [-0.1, -0.05) is 54.0 Å². The van der Waals surface area contributed by atoms with E-state index in [1.165, 1.54) is 23.1 Å². The molecule has 13 heteroatoms. The fraction of sp³-hybridized carbons (Fsp3) is 0.267. The molecule has 0 aliphatic heterocycles. The van der Waals surface area contributed by atoms with Crippen LogP contribution in [0.1, 0.15) is 66.6 Å². The van der Waals surface area contributed by atoms with Crippen molar-refractivity contribution in [3.63, 3.8) is 0 Å². The Morgan fingerprint density at radius 2 is 1.50 bits per heavy atom. The number of carboxylic acid groups (broad SMARTS) is 1. The highest BCUT2D eigenvalue weighted by molar-refractivity contribution is 5.88. The zero-order valence-corrected chi connectivity index (χ0v) is 31.9. The number of hydrogen-bond donors (Lipinski definition) is 3. The predicted octanol–water partition coefficient (Wildman–Crippen LogP) is 7.54. The first-order valence-corrected chi connectivity index (χ1v) is 19.0. The van der Waals surface area contributed by atoms with Crippen LogP contribution < -0.4 is 20.1 Å². The minimum atomic E-state index is -1.22. The highest BCUT2D eigenvalue weighted by Crippen LogP contribution is 2.25. The molecule has 3 amide bonds. The molecule has 3 N–H and O–H groups in total. The van der Waals surface area contributed by atoms with Crippen LogP contribution in [0.15, 0.2) is 114 Å². The maximum Gasteiger partial charge on any atom is 0.358 e. The number of hydrogen-bond acceptors (Lipinski definition) is 8. The first-order chi connectivity index (χ1) is 28.2. The summed E-state index contributed by atoms with van der Waals surface area (Å²) in [5.41, 5.74) is 1.89. The number of benzene rings is 4. The van der Waals surface area contributed by atoms with E-state index in [0.29, 0.717) is 74.2 Å². The van der Waals surface area contributed by atoms with E-state index in [2.05, 4.69) is 21.7 Å². The van der Waals surface area contributed by atoms with Gasteiger partial charge in [0.25, 0.3) is 0 Å². The van der Waals surface area contributed by atoms with Crippen LogP contribution in [0.3, 0.4) is 0 Å². The SMILES string of the molecule is C#CCCCC(=O)N(Cc1ccc(F)cc1)C(COc1ccc(-c2cc(C(=O)O)no2)cc1)C(=O)NCCCCCC(=O)NCc1ccc(Oc2ccccc2)cc1. The van der Waals surface area contributed by atoms with Crippen molar-refractivity contribution in [2.24, 2.45) is 0 Å². The molecule has 0 aliphatic rings. The van der Waals surface area contributed by atoms with Crippen LogP contribution in [0.5, 0.6) is 17.2 Å². The molecule has 0 bridgehead atoms. The van der Waals surface area contributed by atoms with Crippen molar-refractivity contribution in [3.05, 3.63) is 132 Å². The normalized spacial score (nSPS) is 11.2. The molecule has 4 aromatic carbocycles. The third-order valence-corrected chi connectivity index (χ3v) is 9.02. The van der Waals surface area contributed by atoms with Gasteiger partial charge in [0, 0.05) is 50.5 Å². The minimum Gasteiger partial charge on any atom is -0.491 e. The molecule has 0 saturated heterocycles. The number of rotatable bonds is 22. The average Bonchev–Trinajstić information content (AvgIpc) is 3.74. The molecule has 5 rings (SSSR count). The van der Waals surface area contributed by atoms with Crippen molar-refractivity contribution in [2.45, 2.75) is 64.1 Å². The summed E-state index contributed by atoms with van der Waals surface area (Å²) in [4.78, 5) is 52.7. The van der Waals surface area contributed by atoms with Gasteiger partial charge in [0.05, 0.1) is 0 Å². The third-order valence-electron chi connectivity index (χ3n) is 9.02. The smallest absolute Gasteiger partial charge is 0.358 e. The lowest BCUT2D eigenvalue weighted by Crippen LogP contribution is -2.52. The number of aromatic carboxylic acids is 1. The fourth-order valence-electron chi connectivity index (χ4n) is 5.86. The number of amides is 3. The maximum atomic E-state index is 13.8. The van der Waals surface area contributed by atoms with Crippen molar-refractivity contribution in [1.29, 1.82) is 0 Å². The van der Waals surface area contributed by atoms with Gasteiger partial charge in [0.15, 0.2) is 11.5 Å². The Morgan fingerprint density at radius 1 is 0.810 bits per heavy atom. The standard InChI is InChI=1S/C45H45FN4O8/c1-2-3-6-14-43(52)50(30-33-15-21-35(46)22-16-33)40(31-56-36-25-19-34(20-26-36)41-28-39(45(54)55)49-58-41)44(53)47-27-10-5-9-13-42(51)48-29-32-17-23-38(24-18-32)57-37-11-7-4-8-12-37/h1,4,7-8,11-12,15-26,28,40H,3,5-6,9-10,13-14,27,29-31H2,(H,47,53)(H,48,51)(H,54,55). The van der Waals surface area contributed by atoms with E-state index in [9.17, 15) is 23.6 Å². The second-order valence-corrected chi connectivity index (χ2v) is 13.4. The Bertz CT molecular complexity index is 2130. The Balaban J connectivity index is 1.14. The number of carbonyl (C=O) groups is 4. The second kappa shape index (κ2) is 22.0. The van der Waals surface area contributed by atoms with Gasteiger partial charge in [-0.2, -0.15) is 0 Å². The number of terminal acetylenes is 1. The largest absolute Gasteiger partial charge is 0.491 e. The molecule has 58 heavy (non-hydrogen) atoms. The topological polar surface area (TPSA) is 160 Å². The summed E-state index contributed by atoms with van der Waals surface area (Å²) in [5, 5.41) is 18.6. The van der Waals surface area contributed by atoms with Crippen molar-refractivity contribution in [2.75, 3.05) is 13.2 Å². The molecule has 5 aromatic rings. The highest BCUT2D eigenvalue weighted by Gasteiger charge is 2.30. The van der Waals surface area contributed by atoms with Crippen molar-refractivity contribution >= 4 is 23.7 Å². The summed E-state index contributed by atoms with van der Waals surface area (Å²) in [7, 11) is 0. The molecule has 1 heterocycles. The quantitative estimate of drug-likeness (QED) is 0.0476. The summed E-state index contributed by atoms with van der Waals surface area (Å²) in [6.45, 7) is 0.503. The zero-order chi connectivity index (χ0) is 41.1. The van der Waals surface area contributed by atoms with Crippen LogP contribution in [0.4, 0.5) is 4.39 Å². The lowest BCUT2D eigenvalue weighted by atomic mass is 10.1. The Kier molecular flexibility index (Phi) is 16.0. The lowest BCUT2D eigenvalue weighted by molar-refractivity contribution is -0.142. The van der Waals surface area contributed by atoms with Gasteiger partial charge in [-0.3, -0.25) is 14.4 Å². The van der Waals surface area contributed by atoms with E-state index < -0.39 is 23.7 Å². The fourth-order valence-corrected chi connectivity index (χ4v) is 5.86. The van der Waals surface area contributed by atoms with Crippen LogP contribution >= 0.6 is 0 Å². The molecular formula is C45H45FN4O8. The summed E-state index contributed by atoms with van der Waals surface area (Å²) in [5.74, 6) is 2.12. The summed E-state index contributed by atoms with van der Waals surface area (Å²) in [6.07, 6.45) is 8.53. The van der Waals surface area contributed by atoms with Crippen molar-refractivity contribution in [1.82, 2.24) is 20.7 Å². The number of nitrogens with one attached hydrogen (secondary N) is 2. The number of nitrogens with zero attached hydrogens (tertiary/aromatic N) is 2. The molecule has 0 aliphatic carbocycles. The van der Waals surface area contributed by atoms with E-state index in [0.717, 1.165) is 11.3 Å². The Hall–Kier alpha value is -6.94. The molecule has 300 valence electrons. The van der Waals surface area contributed by atoms with Crippen LogP contribution in [-0.4, -0.2) is 58.0 Å². The first kappa shape index (κ1) is 42.2. The van der Waals surface area contributed by atoms with E-state index in [-0.39, 0.29) is 42.8 Å². The lowest BCUT2D eigenvalue weighted by Gasteiger charge is -2.31. The van der Waals surface area contributed by atoms with Gasteiger partial charge in [-0.15, -0.1) is 12.3 Å². The summed E-state index contributed by atoms with van der Waals surface area (Å²) < 4.78 is 30.8. The number of aromatic nitrogens is 1. The number of para-hydroxylation sites is 1. The van der Waals surface area contributed by atoms with Gasteiger partial charge in [0.1, 0.15) is 35.7 Å². The molecule has 0 spiro atoms. The molecule has 1 atom stereocenters. The number of unbranched alkanes of at least 4 members (excludes halogenated alkanes) is 3. The van der Waals surface area contributed by atoms with E-state index in [1.807, 2.05) is 54.6 Å². The predicted molar refractivity (Wildman–Crippen MR) is 214 cm³/mol. The van der Waals surface area contributed by atoms with Gasteiger partial charge < -0.3 is 34.6 Å². The number of carbonyl (C=O) groups excluding carboxylic acids is 3. The summed E-state index contributed by atoms with van der Waals surface area (Å²) in [6, 6.07) is 29.5. The number of halogens is 1. The molecule has 1 unspecified atom stereocenters. The maximum absolute atomic E-state index is 13.8. The molecule has 0 saturated carbocycles. The van der Waals surface area contributed by atoms with Crippen LogP contribution in [0.2, 0.25) is 0 Å². The third kappa shape index (κ3) is 13.4. The molecular weight excluding hydrogens is 744 g/mol. The number of carboxylic acids is 1. The number of ether oxygens (including phenoxy) is 2. The highest BCUT2D eigenvalue weighted by atomic mass is 19.1. The monoisotopic (exact) mass is 788 g/mol.